The molecule has 0 spiro atoms. The second-order valence-electron chi connectivity index (χ2n) is 4.27. The van der Waals surface area contributed by atoms with Crippen LogP contribution in [0.5, 0.6) is 0 Å². The minimum atomic E-state index is -0.972. The molecule has 7 heteroatoms. The van der Waals surface area contributed by atoms with E-state index in [1.165, 1.54) is 6.92 Å². The monoisotopic (exact) mass is 291 g/mol. The molecule has 0 aliphatic carbocycles. The zero-order chi connectivity index (χ0) is 14.7. The first-order valence-corrected chi connectivity index (χ1v) is 6.79. The van der Waals surface area contributed by atoms with E-state index in [-0.39, 0.29) is 16.4 Å². The maximum Gasteiger partial charge on any atom is 0.316 e. The van der Waals surface area contributed by atoms with Crippen LogP contribution in [0.25, 0.3) is 11.3 Å². The Hall–Kier alpha value is -2.15. The Labute approximate surface area is 119 Å². The molecule has 0 amide bonds. The summed E-state index contributed by atoms with van der Waals surface area (Å²) in [5.74, 6) is -0.972. The topological polar surface area (TPSA) is 95.9 Å². The first kappa shape index (κ1) is 14.3. The van der Waals surface area contributed by atoms with Crippen LogP contribution in [0.3, 0.4) is 0 Å². The average Bonchev–Trinajstić information content (AvgIpc) is 2.40. The summed E-state index contributed by atoms with van der Waals surface area (Å²) in [4.78, 5) is 25.3. The van der Waals surface area contributed by atoms with Crippen LogP contribution in [-0.4, -0.2) is 31.5 Å². The van der Waals surface area contributed by atoms with Crippen LogP contribution in [0.1, 0.15) is 12.5 Å². The maximum atomic E-state index is 12.0. The zero-order valence-corrected chi connectivity index (χ0v) is 11.8. The second-order valence-corrected chi connectivity index (χ2v) is 5.60. The minimum Gasteiger partial charge on any atom is -0.480 e. The highest BCUT2D eigenvalue weighted by Gasteiger charge is 2.15. The highest BCUT2D eigenvalue weighted by atomic mass is 32.2. The summed E-state index contributed by atoms with van der Waals surface area (Å²) in [5, 5.41) is 16.0. The lowest BCUT2D eigenvalue weighted by Crippen LogP contribution is -2.17. The van der Waals surface area contributed by atoms with E-state index < -0.39 is 11.2 Å². The molecular formula is C13H13N3O3S. The van der Waals surface area contributed by atoms with Gasteiger partial charge in [0.15, 0.2) is 10.9 Å². The van der Waals surface area contributed by atoms with Crippen molar-refractivity contribution in [3.05, 3.63) is 40.2 Å². The fourth-order valence-corrected chi connectivity index (χ4v) is 2.17. The van der Waals surface area contributed by atoms with E-state index in [9.17, 15) is 9.59 Å². The number of carbonyl (C=O) groups is 1. The van der Waals surface area contributed by atoms with Crippen molar-refractivity contribution in [2.45, 2.75) is 24.3 Å². The third-order valence-corrected chi connectivity index (χ3v) is 3.60. The van der Waals surface area contributed by atoms with Gasteiger partial charge < -0.3 is 5.11 Å². The molecule has 1 atom stereocenters. The normalized spacial score (nSPS) is 12.1. The molecule has 0 bridgehead atoms. The predicted molar refractivity (Wildman–Crippen MR) is 75.8 cm³/mol. The van der Waals surface area contributed by atoms with Gasteiger partial charge in [0, 0.05) is 5.56 Å². The van der Waals surface area contributed by atoms with Gasteiger partial charge in [-0.2, -0.15) is 0 Å². The SMILES string of the molecule is Cc1ccc(-c2nnc(SC(C)C(=O)O)[nH]c2=O)cc1. The number of carboxylic acids is 1. The molecule has 2 aromatic rings. The smallest absolute Gasteiger partial charge is 0.316 e. The van der Waals surface area contributed by atoms with Gasteiger partial charge in [-0.25, -0.2) is 0 Å². The fourth-order valence-electron chi connectivity index (χ4n) is 1.49. The van der Waals surface area contributed by atoms with Gasteiger partial charge in [0.2, 0.25) is 0 Å². The number of aryl methyl sites for hydroxylation is 1. The third kappa shape index (κ3) is 3.24. The summed E-state index contributed by atoms with van der Waals surface area (Å²) in [7, 11) is 0. The van der Waals surface area contributed by atoms with Crippen LogP contribution >= 0.6 is 11.8 Å². The Morgan fingerprint density at radius 1 is 1.30 bits per heavy atom. The summed E-state index contributed by atoms with van der Waals surface area (Å²) in [6.07, 6.45) is 0. The van der Waals surface area contributed by atoms with E-state index in [4.69, 9.17) is 5.11 Å². The van der Waals surface area contributed by atoms with Gasteiger partial charge in [-0.15, -0.1) is 10.2 Å². The lowest BCUT2D eigenvalue weighted by atomic mass is 10.1. The number of carboxylic acid groups (broad SMARTS) is 1. The third-order valence-electron chi connectivity index (χ3n) is 2.64. The predicted octanol–water partition coefficient (Wildman–Crippen LogP) is 1.71. The number of hydrogen-bond donors (Lipinski definition) is 2. The number of hydrogen-bond acceptors (Lipinski definition) is 5. The molecule has 0 saturated carbocycles. The minimum absolute atomic E-state index is 0.195. The van der Waals surface area contributed by atoms with Crippen molar-refractivity contribution in [2.75, 3.05) is 0 Å². The number of H-pyrrole nitrogens is 1. The Kier molecular flexibility index (Phi) is 4.19. The molecule has 0 saturated heterocycles. The van der Waals surface area contributed by atoms with Crippen LogP contribution in [0, 0.1) is 6.92 Å². The molecule has 1 aromatic carbocycles. The van der Waals surface area contributed by atoms with Gasteiger partial charge in [0.05, 0.1) is 0 Å². The van der Waals surface area contributed by atoms with Crippen molar-refractivity contribution in [1.29, 1.82) is 0 Å². The van der Waals surface area contributed by atoms with Crippen molar-refractivity contribution in [2.24, 2.45) is 0 Å². The van der Waals surface area contributed by atoms with E-state index in [0.717, 1.165) is 17.3 Å². The molecule has 1 aromatic heterocycles. The number of aromatic amines is 1. The summed E-state index contributed by atoms with van der Waals surface area (Å²) < 4.78 is 0. The molecule has 104 valence electrons. The molecule has 6 nitrogen and oxygen atoms in total. The molecule has 1 unspecified atom stereocenters. The Bertz CT molecular complexity index is 682. The molecule has 1 heterocycles. The quantitative estimate of drug-likeness (QED) is 0.832. The van der Waals surface area contributed by atoms with Gasteiger partial charge >= 0.3 is 5.97 Å². The number of thioether (sulfide) groups is 1. The molecular weight excluding hydrogens is 278 g/mol. The largest absolute Gasteiger partial charge is 0.480 e. The van der Waals surface area contributed by atoms with Crippen LogP contribution in [0.2, 0.25) is 0 Å². The summed E-state index contributed by atoms with van der Waals surface area (Å²) in [6.45, 7) is 3.47. The molecule has 2 rings (SSSR count). The molecule has 0 fully saturated rings. The molecule has 0 aliphatic heterocycles. The van der Waals surface area contributed by atoms with E-state index >= 15 is 0 Å². The Balaban J connectivity index is 2.28. The van der Waals surface area contributed by atoms with Gasteiger partial charge in [-0.05, 0) is 13.8 Å². The zero-order valence-electron chi connectivity index (χ0n) is 11.0. The van der Waals surface area contributed by atoms with E-state index in [2.05, 4.69) is 15.2 Å². The van der Waals surface area contributed by atoms with Gasteiger partial charge in [0.25, 0.3) is 5.56 Å². The summed E-state index contributed by atoms with van der Waals surface area (Å²) in [6, 6.07) is 7.35. The number of aromatic nitrogens is 3. The maximum absolute atomic E-state index is 12.0. The van der Waals surface area contributed by atoms with E-state index in [0.29, 0.717) is 5.56 Å². The van der Waals surface area contributed by atoms with Crippen LogP contribution in [-0.2, 0) is 4.79 Å². The van der Waals surface area contributed by atoms with Crippen LogP contribution in [0.15, 0.2) is 34.2 Å². The van der Waals surface area contributed by atoms with Crippen LogP contribution in [0.4, 0.5) is 0 Å². The number of nitrogens with one attached hydrogen (secondary N) is 1. The van der Waals surface area contributed by atoms with Gasteiger partial charge in [-0.1, -0.05) is 41.6 Å². The molecule has 0 aliphatic rings. The van der Waals surface area contributed by atoms with Crippen molar-refractivity contribution < 1.29 is 9.90 Å². The number of aliphatic carboxylic acids is 1. The summed E-state index contributed by atoms with van der Waals surface area (Å²) in [5.41, 5.74) is 1.59. The van der Waals surface area contributed by atoms with Gasteiger partial charge in [0.1, 0.15) is 5.25 Å². The Morgan fingerprint density at radius 3 is 2.50 bits per heavy atom. The van der Waals surface area contributed by atoms with E-state index in [1.54, 1.807) is 12.1 Å². The van der Waals surface area contributed by atoms with Crippen LogP contribution < -0.4 is 5.56 Å². The highest BCUT2D eigenvalue weighted by Crippen LogP contribution is 2.19. The number of benzene rings is 1. The van der Waals surface area contributed by atoms with Gasteiger partial charge in [-0.3, -0.25) is 14.6 Å². The second kappa shape index (κ2) is 5.87. The van der Waals surface area contributed by atoms with Crippen molar-refractivity contribution >= 4 is 17.7 Å². The Morgan fingerprint density at radius 2 is 1.95 bits per heavy atom. The summed E-state index contributed by atoms with van der Waals surface area (Å²) >= 11 is 0.943. The standard InChI is InChI=1S/C13H13N3O3S/c1-7-3-5-9(6-4-7)10-11(17)14-13(16-15-10)20-8(2)12(18)19/h3-6,8H,1-2H3,(H,18,19)(H,14,16,17). The average molecular weight is 291 g/mol. The lowest BCUT2D eigenvalue weighted by Gasteiger charge is -2.05. The first-order valence-electron chi connectivity index (χ1n) is 5.91. The van der Waals surface area contributed by atoms with Crippen molar-refractivity contribution in [3.8, 4) is 11.3 Å². The number of rotatable bonds is 4. The highest BCUT2D eigenvalue weighted by molar-refractivity contribution is 8.00. The van der Waals surface area contributed by atoms with E-state index in [1.807, 2.05) is 19.1 Å². The van der Waals surface area contributed by atoms with Crippen molar-refractivity contribution in [1.82, 2.24) is 15.2 Å². The fraction of sp³-hybridized carbons (Fsp3) is 0.231. The first-order chi connectivity index (χ1) is 9.47. The van der Waals surface area contributed by atoms with Crippen molar-refractivity contribution in [3.63, 3.8) is 0 Å². The lowest BCUT2D eigenvalue weighted by molar-refractivity contribution is -0.136. The number of nitrogens with zero attached hydrogens (tertiary/aromatic N) is 2. The molecule has 0 radical (unpaired) electrons. The molecule has 2 N–H and O–H groups in total. The molecule has 20 heavy (non-hydrogen) atoms.